The number of aliphatic imine (C=N–C) groups is 1. The molecule has 0 fully saturated rings. The molecule has 10 heteroatoms. The zero-order valence-corrected chi connectivity index (χ0v) is 16.6. The van der Waals surface area contributed by atoms with Crippen molar-refractivity contribution in [1.29, 1.82) is 0 Å². The van der Waals surface area contributed by atoms with E-state index in [1.807, 2.05) is 0 Å². The molecule has 0 radical (unpaired) electrons. The summed E-state index contributed by atoms with van der Waals surface area (Å²) in [5.74, 6) is 0.540. The highest BCUT2D eigenvalue weighted by Crippen LogP contribution is 2.29. The molecular weight excluding hydrogens is 430 g/mol. The van der Waals surface area contributed by atoms with E-state index in [0.717, 1.165) is 0 Å². The van der Waals surface area contributed by atoms with Crippen molar-refractivity contribution in [3.63, 3.8) is 0 Å². The standard InChI is InChI=1S/C17H12Cl4N6/c18-11-3-1-8(5-13(11)20)24-7-10-15(22)26-17(23)27-16(10)25-9-2-4-12(19)14(21)6-9/h1-7H,(H5,22,23,25,26,27). The SMILES string of the molecule is Nc1nc(N)c(C=Nc2ccc(Cl)c(Cl)c2)c(Nc2ccc(Cl)c(Cl)c2)n1. The van der Waals surface area contributed by atoms with Crippen LogP contribution >= 0.6 is 46.4 Å². The van der Waals surface area contributed by atoms with E-state index >= 15 is 0 Å². The number of aromatic nitrogens is 2. The number of halogens is 4. The first-order chi connectivity index (χ1) is 12.8. The largest absolute Gasteiger partial charge is 0.383 e. The van der Waals surface area contributed by atoms with Crippen molar-refractivity contribution in [3.05, 3.63) is 62.1 Å². The molecule has 3 rings (SSSR count). The summed E-state index contributed by atoms with van der Waals surface area (Å²) in [4.78, 5) is 12.5. The number of nitrogens with two attached hydrogens (primary N) is 2. The minimum atomic E-state index is 0.0155. The third-order valence-corrected chi connectivity index (χ3v) is 4.90. The molecule has 0 atom stereocenters. The van der Waals surface area contributed by atoms with E-state index < -0.39 is 0 Å². The Morgan fingerprint density at radius 1 is 0.852 bits per heavy atom. The molecule has 27 heavy (non-hydrogen) atoms. The maximum absolute atomic E-state index is 6.05. The van der Waals surface area contributed by atoms with Gasteiger partial charge in [0.15, 0.2) is 0 Å². The smallest absolute Gasteiger partial charge is 0.223 e. The Kier molecular flexibility index (Phi) is 5.92. The minimum absolute atomic E-state index is 0.0155. The quantitative estimate of drug-likeness (QED) is 0.447. The van der Waals surface area contributed by atoms with E-state index in [0.29, 0.717) is 42.8 Å². The van der Waals surface area contributed by atoms with Gasteiger partial charge in [-0.2, -0.15) is 9.97 Å². The van der Waals surface area contributed by atoms with Gasteiger partial charge < -0.3 is 16.8 Å². The molecule has 6 nitrogen and oxygen atoms in total. The van der Waals surface area contributed by atoms with Crippen LogP contribution in [0, 0.1) is 0 Å². The lowest BCUT2D eigenvalue weighted by atomic mass is 10.2. The first kappa shape index (κ1) is 19.5. The Hall–Kier alpha value is -2.25. The maximum Gasteiger partial charge on any atom is 0.223 e. The zero-order valence-electron chi connectivity index (χ0n) is 13.5. The summed E-state index contributed by atoms with van der Waals surface area (Å²) in [7, 11) is 0. The van der Waals surface area contributed by atoms with Crippen LogP contribution in [0.15, 0.2) is 41.4 Å². The lowest BCUT2D eigenvalue weighted by Gasteiger charge is -2.11. The summed E-state index contributed by atoms with van der Waals surface area (Å²) in [6.45, 7) is 0. The average molecular weight is 442 g/mol. The van der Waals surface area contributed by atoms with Crippen molar-refractivity contribution in [2.45, 2.75) is 0 Å². The number of hydrogen-bond donors (Lipinski definition) is 3. The zero-order chi connectivity index (χ0) is 19.6. The molecular formula is C17H12Cl4N6. The molecule has 138 valence electrons. The third kappa shape index (κ3) is 4.73. The van der Waals surface area contributed by atoms with E-state index in [1.54, 1.807) is 36.4 Å². The molecule has 0 saturated heterocycles. The summed E-state index contributed by atoms with van der Waals surface area (Å²) in [5.41, 5.74) is 13.4. The van der Waals surface area contributed by atoms with Crippen LogP contribution in [0.5, 0.6) is 0 Å². The number of rotatable bonds is 4. The second-order valence-electron chi connectivity index (χ2n) is 5.34. The summed E-state index contributed by atoms with van der Waals surface area (Å²) in [5, 5.41) is 4.74. The number of hydrogen-bond acceptors (Lipinski definition) is 6. The lowest BCUT2D eigenvalue weighted by molar-refractivity contribution is 1.19. The first-order valence-electron chi connectivity index (χ1n) is 7.47. The first-order valence-corrected chi connectivity index (χ1v) is 8.99. The molecule has 0 saturated carbocycles. The van der Waals surface area contributed by atoms with Crippen molar-refractivity contribution in [2.24, 2.45) is 4.99 Å². The van der Waals surface area contributed by atoms with E-state index in [4.69, 9.17) is 57.9 Å². The van der Waals surface area contributed by atoms with E-state index in [9.17, 15) is 0 Å². The van der Waals surface area contributed by atoms with Crippen LogP contribution in [-0.4, -0.2) is 16.2 Å². The van der Waals surface area contributed by atoms with Crippen LogP contribution in [0.25, 0.3) is 0 Å². The second-order valence-corrected chi connectivity index (χ2v) is 6.97. The van der Waals surface area contributed by atoms with Gasteiger partial charge in [-0.05, 0) is 36.4 Å². The van der Waals surface area contributed by atoms with Gasteiger partial charge in [-0.3, -0.25) is 4.99 Å². The van der Waals surface area contributed by atoms with Gasteiger partial charge in [-0.1, -0.05) is 46.4 Å². The molecule has 0 aliphatic heterocycles. The highest BCUT2D eigenvalue weighted by molar-refractivity contribution is 6.42. The summed E-state index contributed by atoms with van der Waals surface area (Å²) in [6, 6.07) is 10.0. The van der Waals surface area contributed by atoms with E-state index in [1.165, 1.54) is 6.21 Å². The van der Waals surface area contributed by atoms with E-state index in [-0.39, 0.29) is 11.8 Å². The highest BCUT2D eigenvalue weighted by Gasteiger charge is 2.11. The van der Waals surface area contributed by atoms with Gasteiger partial charge in [-0.25, -0.2) is 0 Å². The average Bonchev–Trinajstić information content (AvgIpc) is 2.60. The predicted molar refractivity (Wildman–Crippen MR) is 114 cm³/mol. The van der Waals surface area contributed by atoms with Crippen LogP contribution in [-0.2, 0) is 0 Å². The maximum atomic E-state index is 6.05. The topological polar surface area (TPSA) is 102 Å². The predicted octanol–water partition coefficient (Wildman–Crippen LogP) is 5.75. The lowest BCUT2D eigenvalue weighted by Crippen LogP contribution is -2.08. The molecule has 3 aromatic rings. The number of nitrogen functional groups attached to an aromatic ring is 2. The number of anilines is 4. The van der Waals surface area contributed by atoms with Gasteiger partial charge in [0.25, 0.3) is 0 Å². The van der Waals surface area contributed by atoms with Crippen LogP contribution in [0.1, 0.15) is 5.56 Å². The highest BCUT2D eigenvalue weighted by atomic mass is 35.5. The Morgan fingerprint density at radius 3 is 2.19 bits per heavy atom. The molecule has 0 bridgehead atoms. The minimum Gasteiger partial charge on any atom is -0.383 e. The molecule has 5 N–H and O–H groups in total. The van der Waals surface area contributed by atoms with Gasteiger partial charge >= 0.3 is 0 Å². The van der Waals surface area contributed by atoms with Gasteiger partial charge in [0, 0.05) is 11.9 Å². The van der Waals surface area contributed by atoms with Gasteiger partial charge in [0.2, 0.25) is 5.95 Å². The summed E-state index contributed by atoms with van der Waals surface area (Å²) < 4.78 is 0. The molecule has 0 amide bonds. The number of benzene rings is 2. The Labute approximate surface area is 175 Å². The molecule has 1 heterocycles. The van der Waals surface area contributed by atoms with E-state index in [2.05, 4.69) is 20.3 Å². The van der Waals surface area contributed by atoms with Crippen LogP contribution in [0.4, 0.5) is 29.0 Å². The van der Waals surface area contributed by atoms with Crippen molar-refractivity contribution in [3.8, 4) is 0 Å². The summed E-state index contributed by atoms with van der Waals surface area (Å²) in [6.07, 6.45) is 1.51. The third-order valence-electron chi connectivity index (χ3n) is 3.42. The monoisotopic (exact) mass is 440 g/mol. The fourth-order valence-electron chi connectivity index (χ4n) is 2.14. The summed E-state index contributed by atoms with van der Waals surface area (Å²) >= 11 is 23.9. The fraction of sp³-hybridized carbons (Fsp3) is 0. The van der Waals surface area contributed by atoms with Gasteiger partial charge in [0.1, 0.15) is 11.6 Å². The van der Waals surface area contributed by atoms with Crippen LogP contribution in [0.2, 0.25) is 20.1 Å². The molecule has 0 spiro atoms. The van der Waals surface area contributed by atoms with Crippen molar-refractivity contribution in [2.75, 3.05) is 16.8 Å². The Morgan fingerprint density at radius 2 is 1.52 bits per heavy atom. The second kappa shape index (κ2) is 8.19. The molecule has 2 aromatic carbocycles. The number of nitrogens with zero attached hydrogens (tertiary/aromatic N) is 3. The Bertz CT molecular complexity index is 1040. The van der Waals surface area contributed by atoms with Crippen molar-refractivity contribution >= 4 is 81.6 Å². The fourth-order valence-corrected chi connectivity index (χ4v) is 2.73. The van der Waals surface area contributed by atoms with Crippen LogP contribution < -0.4 is 16.8 Å². The number of nitrogens with one attached hydrogen (secondary N) is 1. The molecule has 0 aliphatic rings. The van der Waals surface area contributed by atoms with Crippen LogP contribution in [0.3, 0.4) is 0 Å². The Balaban J connectivity index is 1.97. The van der Waals surface area contributed by atoms with Gasteiger partial charge in [-0.15, -0.1) is 0 Å². The normalized spacial score (nSPS) is 11.1. The van der Waals surface area contributed by atoms with Crippen molar-refractivity contribution in [1.82, 2.24) is 9.97 Å². The van der Waals surface area contributed by atoms with Crippen molar-refractivity contribution < 1.29 is 0 Å². The molecule has 0 unspecified atom stereocenters. The molecule has 1 aromatic heterocycles. The molecule has 0 aliphatic carbocycles. The van der Waals surface area contributed by atoms with Gasteiger partial charge in [0.05, 0.1) is 31.3 Å².